The van der Waals surface area contributed by atoms with Crippen molar-refractivity contribution < 1.29 is 10.2 Å². The van der Waals surface area contributed by atoms with Crippen molar-refractivity contribution in [2.45, 2.75) is 39.0 Å². The van der Waals surface area contributed by atoms with Crippen LogP contribution in [-0.4, -0.2) is 10.2 Å². The quantitative estimate of drug-likeness (QED) is 0.766. The van der Waals surface area contributed by atoms with Crippen LogP contribution in [0.5, 0.6) is 11.5 Å². The molecule has 0 spiro atoms. The normalized spacial score (nSPS) is 10.7. The van der Waals surface area contributed by atoms with Crippen LogP contribution in [0.4, 0.5) is 0 Å². The summed E-state index contributed by atoms with van der Waals surface area (Å²) in [5.41, 5.74) is 0.452. The van der Waals surface area contributed by atoms with Crippen molar-refractivity contribution in [2.75, 3.05) is 0 Å². The second-order valence-electron chi connectivity index (χ2n) is 3.83. The van der Waals surface area contributed by atoms with Gasteiger partial charge in [-0.25, -0.2) is 0 Å². The van der Waals surface area contributed by atoms with Crippen LogP contribution < -0.4 is 0 Å². The summed E-state index contributed by atoms with van der Waals surface area (Å²) in [4.78, 5) is 0. The highest BCUT2D eigenvalue weighted by atomic mass is 35.5. The first-order valence-corrected chi connectivity index (χ1v) is 6.22. The molecular formula is C12H16Cl2O2. The van der Waals surface area contributed by atoms with E-state index in [4.69, 9.17) is 23.2 Å². The van der Waals surface area contributed by atoms with Gasteiger partial charge >= 0.3 is 0 Å². The monoisotopic (exact) mass is 262 g/mol. The SMILES string of the molecule is CCCCCCc1c(O)c(Cl)cc(Cl)c1O. The first-order chi connectivity index (χ1) is 7.57. The maximum absolute atomic E-state index is 9.71. The van der Waals surface area contributed by atoms with Gasteiger partial charge in [-0.2, -0.15) is 0 Å². The fourth-order valence-electron chi connectivity index (χ4n) is 1.61. The van der Waals surface area contributed by atoms with Crippen molar-refractivity contribution in [1.82, 2.24) is 0 Å². The maximum Gasteiger partial charge on any atom is 0.141 e. The zero-order valence-electron chi connectivity index (χ0n) is 9.26. The Balaban J connectivity index is 2.78. The highest BCUT2D eigenvalue weighted by Gasteiger charge is 2.14. The Labute approximate surface area is 106 Å². The van der Waals surface area contributed by atoms with Crippen molar-refractivity contribution in [1.29, 1.82) is 0 Å². The summed E-state index contributed by atoms with van der Waals surface area (Å²) < 4.78 is 0. The lowest BCUT2D eigenvalue weighted by Crippen LogP contribution is -1.90. The van der Waals surface area contributed by atoms with Crippen molar-refractivity contribution in [3.8, 4) is 11.5 Å². The number of phenols is 2. The fourth-order valence-corrected chi connectivity index (χ4v) is 2.12. The minimum Gasteiger partial charge on any atom is -0.506 e. The summed E-state index contributed by atoms with van der Waals surface area (Å²) in [5.74, 6) is -0.111. The molecular weight excluding hydrogens is 247 g/mol. The van der Waals surface area contributed by atoms with Crippen LogP contribution in [-0.2, 0) is 6.42 Å². The number of phenolic OH excluding ortho intramolecular Hbond substituents is 2. The molecule has 0 fully saturated rings. The third kappa shape index (κ3) is 3.19. The summed E-state index contributed by atoms with van der Waals surface area (Å²) in [7, 11) is 0. The van der Waals surface area contributed by atoms with Crippen LogP contribution in [0.3, 0.4) is 0 Å². The molecule has 4 heteroatoms. The zero-order valence-corrected chi connectivity index (χ0v) is 10.8. The minimum atomic E-state index is -0.0555. The molecule has 0 bridgehead atoms. The lowest BCUT2D eigenvalue weighted by Gasteiger charge is -2.10. The molecule has 0 radical (unpaired) electrons. The average molecular weight is 263 g/mol. The molecule has 1 aromatic rings. The number of hydrogen-bond donors (Lipinski definition) is 2. The summed E-state index contributed by atoms with van der Waals surface area (Å²) >= 11 is 11.6. The Morgan fingerprint density at radius 1 is 1.00 bits per heavy atom. The average Bonchev–Trinajstić information content (AvgIpc) is 2.25. The zero-order chi connectivity index (χ0) is 12.1. The van der Waals surface area contributed by atoms with Crippen molar-refractivity contribution in [3.63, 3.8) is 0 Å². The smallest absolute Gasteiger partial charge is 0.141 e. The molecule has 2 N–H and O–H groups in total. The Morgan fingerprint density at radius 2 is 1.56 bits per heavy atom. The molecule has 0 saturated heterocycles. The van der Waals surface area contributed by atoms with Gasteiger partial charge in [0.1, 0.15) is 11.5 Å². The Bertz CT molecular complexity index is 338. The van der Waals surface area contributed by atoms with Crippen molar-refractivity contribution in [3.05, 3.63) is 21.7 Å². The summed E-state index contributed by atoms with van der Waals surface area (Å²) in [6.45, 7) is 2.13. The van der Waals surface area contributed by atoms with E-state index < -0.39 is 0 Å². The van der Waals surface area contributed by atoms with Gasteiger partial charge in [-0.3, -0.25) is 0 Å². The molecule has 0 aliphatic carbocycles. The molecule has 0 aliphatic rings. The van der Waals surface area contributed by atoms with Crippen LogP contribution in [0.25, 0.3) is 0 Å². The molecule has 0 aromatic heterocycles. The summed E-state index contributed by atoms with van der Waals surface area (Å²) in [5, 5.41) is 19.8. The molecule has 0 unspecified atom stereocenters. The molecule has 0 saturated carbocycles. The number of rotatable bonds is 5. The second-order valence-corrected chi connectivity index (χ2v) is 4.64. The molecule has 90 valence electrons. The first-order valence-electron chi connectivity index (χ1n) is 5.46. The number of aromatic hydroxyl groups is 2. The van der Waals surface area contributed by atoms with Gasteiger partial charge in [0.25, 0.3) is 0 Å². The lowest BCUT2D eigenvalue weighted by molar-refractivity contribution is 0.436. The summed E-state index contributed by atoms with van der Waals surface area (Å²) in [6, 6.07) is 1.35. The van der Waals surface area contributed by atoms with Crippen molar-refractivity contribution >= 4 is 23.2 Å². The third-order valence-electron chi connectivity index (χ3n) is 2.56. The van der Waals surface area contributed by atoms with E-state index >= 15 is 0 Å². The highest BCUT2D eigenvalue weighted by molar-refractivity contribution is 6.36. The van der Waals surface area contributed by atoms with Crippen molar-refractivity contribution in [2.24, 2.45) is 0 Å². The van der Waals surface area contributed by atoms with Gasteiger partial charge in [-0.1, -0.05) is 49.4 Å². The number of unbranched alkanes of at least 4 members (excludes halogenated alkanes) is 3. The Kier molecular flexibility index (Phi) is 5.23. The molecule has 16 heavy (non-hydrogen) atoms. The Morgan fingerprint density at radius 3 is 2.06 bits per heavy atom. The van der Waals surface area contributed by atoms with Gasteiger partial charge in [0.05, 0.1) is 10.0 Å². The molecule has 0 amide bonds. The number of benzene rings is 1. The van der Waals surface area contributed by atoms with Gasteiger partial charge in [0, 0.05) is 5.56 Å². The standard InChI is InChI=1S/C12H16Cl2O2/c1-2-3-4-5-6-8-11(15)9(13)7-10(14)12(8)16/h7,15-16H,2-6H2,1H3. The predicted octanol–water partition coefficient (Wildman–Crippen LogP) is 4.53. The van der Waals surface area contributed by atoms with Gasteiger partial charge < -0.3 is 10.2 Å². The predicted molar refractivity (Wildman–Crippen MR) is 67.6 cm³/mol. The largest absolute Gasteiger partial charge is 0.506 e. The molecule has 0 heterocycles. The molecule has 2 nitrogen and oxygen atoms in total. The topological polar surface area (TPSA) is 40.5 Å². The fraction of sp³-hybridized carbons (Fsp3) is 0.500. The lowest BCUT2D eigenvalue weighted by atomic mass is 10.0. The van der Waals surface area contributed by atoms with Crippen LogP contribution in [0.15, 0.2) is 6.07 Å². The molecule has 0 aliphatic heterocycles. The number of halogens is 2. The van der Waals surface area contributed by atoms with Crippen LogP contribution >= 0.6 is 23.2 Å². The van der Waals surface area contributed by atoms with Crippen LogP contribution in [0.1, 0.15) is 38.2 Å². The second kappa shape index (κ2) is 6.21. The molecule has 0 atom stereocenters. The first kappa shape index (κ1) is 13.5. The van der Waals surface area contributed by atoms with E-state index in [1.54, 1.807) is 0 Å². The van der Waals surface area contributed by atoms with Gasteiger partial charge in [-0.05, 0) is 18.9 Å². The van der Waals surface area contributed by atoms with Crippen LogP contribution in [0.2, 0.25) is 10.0 Å². The van der Waals surface area contributed by atoms with Gasteiger partial charge in [0.2, 0.25) is 0 Å². The van der Waals surface area contributed by atoms with E-state index in [0.29, 0.717) is 12.0 Å². The number of hydrogen-bond acceptors (Lipinski definition) is 2. The van der Waals surface area contributed by atoms with Gasteiger partial charge in [-0.15, -0.1) is 0 Å². The maximum atomic E-state index is 9.71. The van der Waals surface area contributed by atoms with E-state index in [0.717, 1.165) is 25.7 Å². The van der Waals surface area contributed by atoms with Crippen LogP contribution in [0, 0.1) is 0 Å². The van der Waals surface area contributed by atoms with E-state index in [-0.39, 0.29) is 21.5 Å². The van der Waals surface area contributed by atoms with E-state index in [1.807, 2.05) is 0 Å². The highest BCUT2D eigenvalue weighted by Crippen LogP contribution is 2.40. The van der Waals surface area contributed by atoms with Gasteiger partial charge in [0.15, 0.2) is 0 Å². The third-order valence-corrected chi connectivity index (χ3v) is 3.13. The van der Waals surface area contributed by atoms with E-state index in [1.165, 1.54) is 6.07 Å². The minimum absolute atomic E-state index is 0.0555. The van der Waals surface area contributed by atoms with E-state index in [9.17, 15) is 10.2 Å². The Hall–Kier alpha value is -0.600. The molecule has 1 rings (SSSR count). The van der Waals surface area contributed by atoms with E-state index in [2.05, 4.69) is 6.92 Å². The molecule has 1 aromatic carbocycles. The summed E-state index contributed by atoms with van der Waals surface area (Å²) in [6.07, 6.45) is 4.87.